The van der Waals surface area contributed by atoms with Gasteiger partial charge in [-0.2, -0.15) is 0 Å². The van der Waals surface area contributed by atoms with Crippen molar-refractivity contribution in [2.24, 2.45) is 5.41 Å². The van der Waals surface area contributed by atoms with E-state index in [1.165, 1.54) is 24.8 Å². The van der Waals surface area contributed by atoms with Crippen LogP contribution in [0.3, 0.4) is 0 Å². The number of likely N-dealkylation sites (tertiary alicyclic amines) is 1. The summed E-state index contributed by atoms with van der Waals surface area (Å²) >= 11 is 1.55. The number of nitrogens with one attached hydrogen (secondary N) is 4. The number of hydrogen-bond donors (Lipinski definition) is 5. The van der Waals surface area contributed by atoms with Gasteiger partial charge in [-0.3, -0.25) is 24.1 Å². The maximum absolute atomic E-state index is 16.1. The van der Waals surface area contributed by atoms with Crippen LogP contribution >= 0.6 is 11.3 Å². The van der Waals surface area contributed by atoms with Crippen molar-refractivity contribution >= 4 is 51.9 Å². The van der Waals surface area contributed by atoms with E-state index in [1.807, 2.05) is 62.4 Å². The monoisotopic (exact) mass is 955 g/mol. The summed E-state index contributed by atoms with van der Waals surface area (Å²) in [4.78, 5) is 65.1. The van der Waals surface area contributed by atoms with Gasteiger partial charge in [-0.05, 0) is 86.1 Å². The summed E-state index contributed by atoms with van der Waals surface area (Å²) in [6.45, 7) is 11.6. The Morgan fingerprint density at radius 3 is 2.40 bits per heavy atom. The Kier molecular flexibility index (Phi) is 15.3. The highest BCUT2D eigenvalue weighted by atomic mass is 32.1. The second-order valence-electron chi connectivity index (χ2n) is 19.4. The number of rotatable bonds is 16. The fourth-order valence-corrected chi connectivity index (χ4v) is 9.90. The molecule has 2 aliphatic rings. The number of aliphatic hydroxyl groups excluding tert-OH is 1. The number of halogens is 3. The van der Waals surface area contributed by atoms with Gasteiger partial charge in [0.1, 0.15) is 36.0 Å². The minimum absolute atomic E-state index is 0.00835. The molecule has 1 fully saturated rings. The quantitative estimate of drug-likeness (QED) is 0.0525. The number of β-amino-alcohol motifs (C(OH)–C–C–N with tert-alkyl or cyclic N) is 1. The molecule has 13 nitrogen and oxygen atoms in total. The summed E-state index contributed by atoms with van der Waals surface area (Å²) in [5.74, 6) is -3.79. The van der Waals surface area contributed by atoms with E-state index >= 15 is 13.2 Å². The number of para-hydroxylation sites is 1. The van der Waals surface area contributed by atoms with Gasteiger partial charge in [0, 0.05) is 66.9 Å². The first-order chi connectivity index (χ1) is 32.2. The van der Waals surface area contributed by atoms with Crippen molar-refractivity contribution < 1.29 is 42.2 Å². The van der Waals surface area contributed by atoms with Crippen molar-refractivity contribution in [2.45, 2.75) is 104 Å². The third-order valence-electron chi connectivity index (χ3n) is 12.4. The molecule has 0 unspecified atom stereocenters. The van der Waals surface area contributed by atoms with Crippen LogP contribution in [0.1, 0.15) is 87.6 Å². The number of aliphatic hydroxyl groups is 1. The van der Waals surface area contributed by atoms with Gasteiger partial charge in [0.25, 0.3) is 0 Å². The van der Waals surface area contributed by atoms with E-state index in [-0.39, 0.29) is 56.4 Å². The third kappa shape index (κ3) is 11.7. The van der Waals surface area contributed by atoms with Crippen molar-refractivity contribution in [3.63, 3.8) is 0 Å². The fourth-order valence-electron chi connectivity index (χ4n) is 9.09. The maximum Gasteiger partial charge on any atom is 0.246 e. The topological polar surface area (TPSA) is 169 Å². The highest BCUT2D eigenvalue weighted by Gasteiger charge is 2.45. The first-order valence-electron chi connectivity index (χ1n) is 22.8. The molecule has 0 bridgehead atoms. The molecule has 0 saturated carbocycles. The number of alkyl halides is 1. The molecule has 5 aromatic rings. The Morgan fingerprint density at radius 1 is 1.03 bits per heavy atom. The molecule has 7 rings (SSSR count). The number of aromatic nitrogens is 2. The van der Waals surface area contributed by atoms with E-state index in [1.54, 1.807) is 42.5 Å². The predicted molar refractivity (Wildman–Crippen MR) is 256 cm³/mol. The summed E-state index contributed by atoms with van der Waals surface area (Å²) in [5.41, 5.74) is 4.46. The van der Waals surface area contributed by atoms with Crippen LogP contribution in [-0.2, 0) is 36.9 Å². The lowest BCUT2D eigenvalue weighted by Gasteiger charge is -2.43. The lowest BCUT2D eigenvalue weighted by Crippen LogP contribution is -2.58. The fraction of sp³-hybridized carbons (Fsp3) is 0.431. The number of carbonyl (C=O) groups is 4. The number of aromatic amines is 1. The molecule has 5 atom stereocenters. The lowest BCUT2D eigenvalue weighted by molar-refractivity contribution is -0.144. The SMILES string of the molecule is Cc1ncsc1-c1ccc(CNC(=O)[C@@H]2C[C@@H](O)CN2C(=O)[C@@H](NC(=O)COCCNC(=O)/C=C/c2cc(F)c([C@@H]3c4[nH]c5ccccc5c4C[C@@H](C)N3CC(C)(C)F)c(F)c2)C(C)(C)C)cc1. The molecule has 1 saturated heterocycles. The zero-order chi connectivity index (χ0) is 49.1. The molecule has 68 heavy (non-hydrogen) atoms. The highest BCUT2D eigenvalue weighted by Crippen LogP contribution is 2.43. The molecule has 0 aliphatic carbocycles. The molecule has 0 spiro atoms. The molecule has 17 heteroatoms. The number of thiazole rings is 1. The Hall–Kier alpha value is -5.88. The number of hydrogen-bond acceptors (Lipinski definition) is 9. The summed E-state index contributed by atoms with van der Waals surface area (Å²) in [6, 6.07) is 14.5. The van der Waals surface area contributed by atoms with Crippen LogP contribution in [0.15, 0.2) is 72.3 Å². The van der Waals surface area contributed by atoms with Crippen LogP contribution in [-0.4, -0.2) is 111 Å². The van der Waals surface area contributed by atoms with Crippen molar-refractivity contribution in [1.29, 1.82) is 0 Å². The Morgan fingerprint density at radius 2 is 1.74 bits per heavy atom. The number of ether oxygens (including phenoxy) is 1. The average molecular weight is 956 g/mol. The van der Waals surface area contributed by atoms with E-state index < -0.39 is 77.2 Å². The number of fused-ring (bicyclic) bond motifs is 3. The Balaban J connectivity index is 0.900. The molecule has 0 radical (unpaired) electrons. The normalized spacial score (nSPS) is 19.3. The van der Waals surface area contributed by atoms with Gasteiger partial charge in [0.05, 0.1) is 34.8 Å². The number of amides is 4. The smallest absolute Gasteiger partial charge is 0.246 e. The van der Waals surface area contributed by atoms with Crippen LogP contribution in [0.25, 0.3) is 27.4 Å². The van der Waals surface area contributed by atoms with E-state index in [2.05, 4.69) is 25.9 Å². The van der Waals surface area contributed by atoms with Crippen molar-refractivity contribution in [1.82, 2.24) is 35.7 Å². The first-order valence-corrected chi connectivity index (χ1v) is 23.7. The van der Waals surface area contributed by atoms with Gasteiger partial charge in [-0.25, -0.2) is 18.2 Å². The molecule has 3 aromatic carbocycles. The molecule has 2 aromatic heterocycles. The van der Waals surface area contributed by atoms with Crippen LogP contribution in [0.4, 0.5) is 13.2 Å². The Bertz CT molecular complexity index is 2650. The number of nitrogens with zero attached hydrogens (tertiary/aromatic N) is 3. The van der Waals surface area contributed by atoms with Crippen LogP contribution in [0, 0.1) is 24.0 Å². The first kappa shape index (κ1) is 50.0. The number of H-pyrrole nitrogens is 1. The second kappa shape index (κ2) is 20.8. The zero-order valence-corrected chi connectivity index (χ0v) is 40.2. The minimum Gasteiger partial charge on any atom is -0.391 e. The van der Waals surface area contributed by atoms with E-state index in [0.29, 0.717) is 12.1 Å². The van der Waals surface area contributed by atoms with Gasteiger partial charge in [-0.15, -0.1) is 11.3 Å². The zero-order valence-electron chi connectivity index (χ0n) is 39.4. The highest BCUT2D eigenvalue weighted by molar-refractivity contribution is 7.13. The number of aryl methyl sites for hydroxylation is 1. The standard InChI is InChI=1S/C51H60F3N7O6S/c1-29-20-36-35-10-8-9-11-39(35)58-44(36)45(61(29)27-51(6,7)54)43-37(52)21-32(22-38(43)53)14-17-41(63)55-18-19-67-26-42(64)59-47(50(3,4)5)49(66)60-25-34(62)23-40(60)48(65)56-24-31-12-15-33(16-13-31)46-30(2)57-28-68-46/h8-17,21-22,28-29,34,40,45,47,58,62H,18-20,23-27H2,1-7H3,(H,55,63)(H,56,65)(H,59,64)/b17-14+/t29-,34-,40+,45-,47-/m1/s1. The van der Waals surface area contributed by atoms with E-state index in [9.17, 15) is 24.3 Å². The molecule has 4 heterocycles. The number of benzene rings is 3. The second-order valence-corrected chi connectivity index (χ2v) is 20.3. The average Bonchev–Trinajstić information content (AvgIpc) is 4.00. The largest absolute Gasteiger partial charge is 0.391 e. The summed E-state index contributed by atoms with van der Waals surface area (Å²) in [7, 11) is 0. The summed E-state index contributed by atoms with van der Waals surface area (Å²) in [5, 5.41) is 19.7. The third-order valence-corrected chi connectivity index (χ3v) is 13.3. The predicted octanol–water partition coefficient (Wildman–Crippen LogP) is 6.92. The molecule has 4 amide bonds. The maximum atomic E-state index is 16.1. The summed E-state index contributed by atoms with van der Waals surface area (Å²) < 4.78 is 52.9. The number of carbonyl (C=O) groups excluding carboxylic acids is 4. The minimum atomic E-state index is -1.64. The van der Waals surface area contributed by atoms with Gasteiger partial charge in [0.2, 0.25) is 23.6 Å². The molecular weight excluding hydrogens is 896 g/mol. The van der Waals surface area contributed by atoms with Crippen molar-refractivity contribution in [2.75, 3.05) is 32.8 Å². The van der Waals surface area contributed by atoms with Crippen LogP contribution in [0.5, 0.6) is 0 Å². The van der Waals surface area contributed by atoms with E-state index in [0.717, 1.165) is 56.4 Å². The summed E-state index contributed by atoms with van der Waals surface area (Å²) in [6.07, 6.45) is 2.10. The molecule has 5 N–H and O–H groups in total. The van der Waals surface area contributed by atoms with Crippen molar-refractivity contribution in [3.05, 3.63) is 118 Å². The van der Waals surface area contributed by atoms with Gasteiger partial charge in [0.15, 0.2) is 0 Å². The van der Waals surface area contributed by atoms with Gasteiger partial charge >= 0.3 is 0 Å². The molecule has 362 valence electrons. The Labute approximate surface area is 398 Å². The van der Waals surface area contributed by atoms with Gasteiger partial charge < -0.3 is 35.7 Å². The molecule has 2 aliphatic heterocycles. The van der Waals surface area contributed by atoms with E-state index in [4.69, 9.17) is 4.74 Å². The van der Waals surface area contributed by atoms with Crippen LogP contribution in [0.2, 0.25) is 0 Å². The van der Waals surface area contributed by atoms with Crippen LogP contribution < -0.4 is 16.0 Å². The van der Waals surface area contributed by atoms with Gasteiger partial charge in [-0.1, -0.05) is 63.2 Å². The lowest BCUT2D eigenvalue weighted by atomic mass is 9.85. The molecular formula is C51H60F3N7O6S. The van der Waals surface area contributed by atoms with Crippen molar-refractivity contribution in [3.8, 4) is 10.4 Å².